The summed E-state index contributed by atoms with van der Waals surface area (Å²) in [6.07, 6.45) is 5.59. The van der Waals surface area contributed by atoms with E-state index < -0.39 is 11.5 Å². The van der Waals surface area contributed by atoms with Crippen molar-refractivity contribution in [1.82, 2.24) is 4.98 Å². The third kappa shape index (κ3) is 5.24. The van der Waals surface area contributed by atoms with Crippen molar-refractivity contribution >= 4 is 5.97 Å². The number of benzene rings is 1. The lowest BCUT2D eigenvalue weighted by Crippen LogP contribution is -2.28. The number of esters is 1. The summed E-state index contributed by atoms with van der Waals surface area (Å²) in [5.74, 6) is 0.423. The SMILES string of the molecule is CCOC(=O)c1c(OC2CCC(C)CC2)cc(CCc2ccccc2)[nH]c1=O. The van der Waals surface area contributed by atoms with Gasteiger partial charge in [-0.15, -0.1) is 0 Å². The summed E-state index contributed by atoms with van der Waals surface area (Å²) < 4.78 is 11.2. The zero-order chi connectivity index (χ0) is 19.9. The van der Waals surface area contributed by atoms with Crippen molar-refractivity contribution in [1.29, 1.82) is 0 Å². The molecule has 1 heterocycles. The maximum Gasteiger partial charge on any atom is 0.347 e. The average molecular weight is 383 g/mol. The molecule has 28 heavy (non-hydrogen) atoms. The summed E-state index contributed by atoms with van der Waals surface area (Å²) >= 11 is 0. The second-order valence-electron chi connectivity index (χ2n) is 7.57. The molecule has 0 spiro atoms. The number of H-pyrrole nitrogens is 1. The molecule has 0 saturated heterocycles. The lowest BCUT2D eigenvalue weighted by Gasteiger charge is -2.27. The van der Waals surface area contributed by atoms with Crippen molar-refractivity contribution in [3.05, 3.63) is 63.6 Å². The van der Waals surface area contributed by atoms with Gasteiger partial charge in [-0.3, -0.25) is 4.79 Å². The van der Waals surface area contributed by atoms with Crippen molar-refractivity contribution < 1.29 is 14.3 Å². The zero-order valence-corrected chi connectivity index (χ0v) is 16.7. The molecule has 150 valence electrons. The minimum atomic E-state index is -0.627. The molecule has 0 aliphatic heterocycles. The Balaban J connectivity index is 1.83. The van der Waals surface area contributed by atoms with Gasteiger partial charge in [0, 0.05) is 11.8 Å². The molecule has 2 aromatic rings. The Hall–Kier alpha value is -2.56. The van der Waals surface area contributed by atoms with Crippen molar-refractivity contribution in [2.45, 2.75) is 58.5 Å². The molecule has 1 fully saturated rings. The van der Waals surface area contributed by atoms with Crippen molar-refractivity contribution in [3.63, 3.8) is 0 Å². The summed E-state index contributed by atoms with van der Waals surface area (Å²) in [6, 6.07) is 11.9. The van der Waals surface area contributed by atoms with E-state index in [1.165, 1.54) is 5.56 Å². The molecule has 1 aliphatic rings. The predicted molar refractivity (Wildman–Crippen MR) is 109 cm³/mol. The van der Waals surface area contributed by atoms with E-state index in [0.717, 1.165) is 37.8 Å². The summed E-state index contributed by atoms with van der Waals surface area (Å²) in [6.45, 7) is 4.19. The molecule has 0 bridgehead atoms. The highest BCUT2D eigenvalue weighted by Gasteiger charge is 2.25. The van der Waals surface area contributed by atoms with Crippen LogP contribution < -0.4 is 10.3 Å². The van der Waals surface area contributed by atoms with Gasteiger partial charge >= 0.3 is 5.97 Å². The molecule has 0 unspecified atom stereocenters. The smallest absolute Gasteiger partial charge is 0.347 e. The lowest BCUT2D eigenvalue weighted by atomic mass is 9.89. The maximum absolute atomic E-state index is 12.6. The molecule has 0 amide bonds. The number of nitrogens with one attached hydrogen (secondary N) is 1. The maximum atomic E-state index is 12.6. The number of ether oxygens (including phenoxy) is 2. The molecule has 1 N–H and O–H groups in total. The Bertz CT molecular complexity index is 835. The number of hydrogen-bond donors (Lipinski definition) is 1. The Labute approximate surface area is 166 Å². The van der Waals surface area contributed by atoms with Gasteiger partial charge in [0.1, 0.15) is 5.75 Å². The molecule has 1 saturated carbocycles. The molecule has 3 rings (SSSR count). The van der Waals surface area contributed by atoms with Crippen LogP contribution in [0.1, 0.15) is 61.1 Å². The fourth-order valence-corrected chi connectivity index (χ4v) is 3.66. The van der Waals surface area contributed by atoms with E-state index >= 15 is 0 Å². The number of pyridine rings is 1. The van der Waals surface area contributed by atoms with Crippen LogP contribution in [0.15, 0.2) is 41.2 Å². The highest BCUT2D eigenvalue weighted by Crippen LogP contribution is 2.28. The van der Waals surface area contributed by atoms with Gasteiger partial charge < -0.3 is 14.5 Å². The number of carbonyl (C=O) groups is 1. The second-order valence-corrected chi connectivity index (χ2v) is 7.57. The summed E-state index contributed by atoms with van der Waals surface area (Å²) in [5, 5.41) is 0. The summed E-state index contributed by atoms with van der Waals surface area (Å²) in [5.41, 5.74) is 1.50. The van der Waals surface area contributed by atoms with Crippen LogP contribution in [0, 0.1) is 5.92 Å². The highest BCUT2D eigenvalue weighted by molar-refractivity contribution is 5.92. The second kappa shape index (κ2) is 9.58. The Morgan fingerprint density at radius 2 is 1.82 bits per heavy atom. The fraction of sp³-hybridized carbons (Fsp3) is 0.478. The number of hydrogen-bond acceptors (Lipinski definition) is 4. The topological polar surface area (TPSA) is 68.4 Å². The monoisotopic (exact) mass is 383 g/mol. The molecule has 0 atom stereocenters. The predicted octanol–water partition coefficient (Wildman–Crippen LogP) is 4.29. The van der Waals surface area contributed by atoms with Crippen molar-refractivity contribution in [2.24, 2.45) is 5.92 Å². The van der Waals surface area contributed by atoms with Crippen LogP contribution in [-0.2, 0) is 17.6 Å². The highest BCUT2D eigenvalue weighted by atomic mass is 16.5. The quantitative estimate of drug-likeness (QED) is 0.724. The number of aryl methyl sites for hydroxylation is 2. The first-order valence-electron chi connectivity index (χ1n) is 10.2. The first-order chi connectivity index (χ1) is 13.6. The Morgan fingerprint density at radius 1 is 1.11 bits per heavy atom. The van der Waals surface area contributed by atoms with Crippen LogP contribution in [0.4, 0.5) is 0 Å². The number of rotatable bonds is 7. The molecule has 0 radical (unpaired) electrons. The van der Waals surface area contributed by atoms with E-state index in [2.05, 4.69) is 24.0 Å². The molecule has 1 aromatic carbocycles. The van der Waals surface area contributed by atoms with Gasteiger partial charge in [-0.05, 0) is 56.9 Å². The first-order valence-corrected chi connectivity index (χ1v) is 10.2. The molecule has 1 aromatic heterocycles. The van der Waals surface area contributed by atoms with Crippen molar-refractivity contribution in [2.75, 3.05) is 6.61 Å². The van der Waals surface area contributed by atoms with Crippen LogP contribution >= 0.6 is 0 Å². The lowest BCUT2D eigenvalue weighted by molar-refractivity contribution is 0.0512. The van der Waals surface area contributed by atoms with Gasteiger partial charge in [-0.2, -0.15) is 0 Å². The van der Waals surface area contributed by atoms with E-state index in [4.69, 9.17) is 9.47 Å². The van der Waals surface area contributed by atoms with Crippen LogP contribution in [-0.4, -0.2) is 23.7 Å². The van der Waals surface area contributed by atoms with Crippen LogP contribution in [0.3, 0.4) is 0 Å². The van der Waals surface area contributed by atoms with Crippen LogP contribution in [0.2, 0.25) is 0 Å². The van der Waals surface area contributed by atoms with Gasteiger partial charge in [0.2, 0.25) is 0 Å². The minimum Gasteiger partial charge on any atom is -0.489 e. The standard InChI is InChI=1S/C23H29NO4/c1-3-27-23(26)21-20(28-19-13-9-16(2)10-14-19)15-18(24-22(21)25)12-11-17-7-5-4-6-8-17/h4-8,15-16,19H,3,9-14H2,1-2H3,(H,24,25). The van der Waals surface area contributed by atoms with Gasteiger partial charge in [-0.25, -0.2) is 4.79 Å². The summed E-state index contributed by atoms with van der Waals surface area (Å²) in [7, 11) is 0. The number of aromatic amines is 1. The molecular weight excluding hydrogens is 354 g/mol. The summed E-state index contributed by atoms with van der Waals surface area (Å²) in [4.78, 5) is 27.8. The van der Waals surface area contributed by atoms with Crippen molar-refractivity contribution in [3.8, 4) is 5.75 Å². The molecule has 1 aliphatic carbocycles. The zero-order valence-electron chi connectivity index (χ0n) is 16.7. The van der Waals surface area contributed by atoms with E-state index in [1.807, 2.05) is 18.2 Å². The normalized spacial score (nSPS) is 19.2. The molecule has 5 nitrogen and oxygen atoms in total. The van der Waals surface area contributed by atoms with E-state index in [-0.39, 0.29) is 18.3 Å². The van der Waals surface area contributed by atoms with Gasteiger partial charge in [0.05, 0.1) is 12.7 Å². The van der Waals surface area contributed by atoms with Gasteiger partial charge in [-0.1, -0.05) is 37.3 Å². The van der Waals surface area contributed by atoms with E-state index in [0.29, 0.717) is 18.1 Å². The van der Waals surface area contributed by atoms with Gasteiger partial charge in [0.25, 0.3) is 5.56 Å². The molecular formula is C23H29NO4. The third-order valence-corrected chi connectivity index (χ3v) is 5.31. The van der Waals surface area contributed by atoms with Crippen LogP contribution in [0.5, 0.6) is 5.75 Å². The largest absolute Gasteiger partial charge is 0.489 e. The van der Waals surface area contributed by atoms with Crippen LogP contribution in [0.25, 0.3) is 0 Å². The molecule has 5 heteroatoms. The number of aromatic nitrogens is 1. The Morgan fingerprint density at radius 3 is 2.50 bits per heavy atom. The third-order valence-electron chi connectivity index (χ3n) is 5.31. The number of carbonyl (C=O) groups excluding carboxylic acids is 1. The fourth-order valence-electron chi connectivity index (χ4n) is 3.66. The van der Waals surface area contributed by atoms with E-state index in [9.17, 15) is 9.59 Å². The minimum absolute atomic E-state index is 0.0241. The Kier molecular flexibility index (Phi) is 6.90. The van der Waals surface area contributed by atoms with E-state index in [1.54, 1.807) is 13.0 Å². The van der Waals surface area contributed by atoms with Gasteiger partial charge in [0.15, 0.2) is 5.56 Å². The average Bonchev–Trinajstić information content (AvgIpc) is 2.69. The first kappa shape index (κ1) is 20.2.